The summed E-state index contributed by atoms with van der Waals surface area (Å²) in [5, 5.41) is 6.93. The number of amides is 1. The van der Waals surface area contributed by atoms with Crippen LogP contribution in [0.2, 0.25) is 0 Å². The molecule has 23 heavy (non-hydrogen) atoms. The van der Waals surface area contributed by atoms with Gasteiger partial charge in [0.05, 0.1) is 5.69 Å². The number of nitrogens with one attached hydrogen (secondary N) is 1. The standard InChI is InChI=1S/C17H18FN3O2/c18-12-2-1-3-15(7-12)23-10-13-8-16(20-19-13)17(22)21-9-11-4-5-14(21)6-11/h1-3,7-8,11,14H,4-6,9-10H2,(H,19,20). The van der Waals surface area contributed by atoms with Crippen molar-refractivity contribution in [2.24, 2.45) is 5.92 Å². The Bertz CT molecular complexity index is 730. The van der Waals surface area contributed by atoms with Gasteiger partial charge in [0.1, 0.15) is 18.2 Å². The van der Waals surface area contributed by atoms with Gasteiger partial charge in [-0.3, -0.25) is 9.89 Å². The van der Waals surface area contributed by atoms with E-state index >= 15 is 0 Å². The number of rotatable bonds is 4. The lowest BCUT2D eigenvalue weighted by Gasteiger charge is -2.26. The molecule has 120 valence electrons. The van der Waals surface area contributed by atoms with Crippen LogP contribution in [0.15, 0.2) is 30.3 Å². The molecule has 0 spiro atoms. The van der Waals surface area contributed by atoms with Gasteiger partial charge in [-0.05, 0) is 43.4 Å². The van der Waals surface area contributed by atoms with Crippen molar-refractivity contribution >= 4 is 5.91 Å². The van der Waals surface area contributed by atoms with Crippen LogP contribution in [0.25, 0.3) is 0 Å². The molecule has 2 heterocycles. The van der Waals surface area contributed by atoms with Gasteiger partial charge in [0.15, 0.2) is 5.69 Å². The number of ether oxygens (including phenoxy) is 1. The van der Waals surface area contributed by atoms with Gasteiger partial charge in [-0.25, -0.2) is 4.39 Å². The Labute approximate surface area is 133 Å². The highest BCUT2D eigenvalue weighted by Crippen LogP contribution is 2.37. The number of carbonyl (C=O) groups is 1. The molecular weight excluding hydrogens is 297 g/mol. The minimum atomic E-state index is -0.341. The van der Waals surface area contributed by atoms with Gasteiger partial charge in [0.25, 0.3) is 5.91 Å². The summed E-state index contributed by atoms with van der Waals surface area (Å²) in [6.07, 6.45) is 3.48. The van der Waals surface area contributed by atoms with Crippen molar-refractivity contribution in [3.63, 3.8) is 0 Å². The van der Waals surface area contributed by atoms with Gasteiger partial charge in [-0.15, -0.1) is 0 Å². The fourth-order valence-electron chi connectivity index (χ4n) is 3.58. The number of hydrogen-bond donors (Lipinski definition) is 1. The summed E-state index contributed by atoms with van der Waals surface area (Å²) in [5.41, 5.74) is 1.12. The van der Waals surface area contributed by atoms with E-state index < -0.39 is 0 Å². The third-order valence-corrected chi connectivity index (χ3v) is 4.71. The second-order valence-electron chi connectivity index (χ2n) is 6.31. The zero-order valence-electron chi connectivity index (χ0n) is 12.7. The molecule has 1 saturated heterocycles. The topological polar surface area (TPSA) is 58.2 Å². The van der Waals surface area contributed by atoms with Crippen LogP contribution in [-0.4, -0.2) is 33.6 Å². The van der Waals surface area contributed by atoms with Crippen LogP contribution in [-0.2, 0) is 6.61 Å². The molecule has 2 aromatic rings. The van der Waals surface area contributed by atoms with Crippen LogP contribution in [0.3, 0.4) is 0 Å². The van der Waals surface area contributed by atoms with Crippen molar-refractivity contribution in [1.29, 1.82) is 0 Å². The number of carbonyl (C=O) groups excluding carboxylic acids is 1. The summed E-state index contributed by atoms with van der Waals surface area (Å²) in [6, 6.07) is 8.07. The SMILES string of the molecule is O=C(c1cc(COc2cccc(F)c2)[nH]n1)N1CC2CCC1C2. The van der Waals surface area contributed by atoms with Crippen LogP contribution >= 0.6 is 0 Å². The molecule has 1 amide bonds. The monoisotopic (exact) mass is 315 g/mol. The highest BCUT2D eigenvalue weighted by atomic mass is 19.1. The first-order valence-electron chi connectivity index (χ1n) is 7.92. The van der Waals surface area contributed by atoms with Crippen LogP contribution in [0.5, 0.6) is 5.75 Å². The molecule has 2 atom stereocenters. The van der Waals surface area contributed by atoms with Crippen molar-refractivity contribution in [3.8, 4) is 5.75 Å². The highest BCUT2D eigenvalue weighted by Gasteiger charge is 2.40. The zero-order chi connectivity index (χ0) is 15.8. The summed E-state index contributed by atoms with van der Waals surface area (Å²) in [4.78, 5) is 14.5. The highest BCUT2D eigenvalue weighted by molar-refractivity contribution is 5.92. The van der Waals surface area contributed by atoms with Gasteiger partial charge in [-0.2, -0.15) is 5.10 Å². The third-order valence-electron chi connectivity index (χ3n) is 4.71. The molecular formula is C17H18FN3O2. The molecule has 1 aliphatic heterocycles. The number of H-pyrrole nitrogens is 1. The van der Waals surface area contributed by atoms with E-state index in [0.29, 0.717) is 29.1 Å². The molecule has 2 fully saturated rings. The van der Waals surface area contributed by atoms with E-state index in [-0.39, 0.29) is 18.3 Å². The fourth-order valence-corrected chi connectivity index (χ4v) is 3.58. The number of benzene rings is 1. The van der Waals surface area contributed by atoms with Crippen LogP contribution in [0.1, 0.15) is 35.4 Å². The van der Waals surface area contributed by atoms with E-state index in [1.165, 1.54) is 18.6 Å². The van der Waals surface area contributed by atoms with Gasteiger partial charge in [0, 0.05) is 18.7 Å². The van der Waals surface area contributed by atoms with Crippen LogP contribution < -0.4 is 4.74 Å². The maximum atomic E-state index is 13.1. The minimum Gasteiger partial charge on any atom is -0.487 e. The summed E-state index contributed by atoms with van der Waals surface area (Å²) >= 11 is 0. The van der Waals surface area contributed by atoms with Gasteiger partial charge < -0.3 is 9.64 Å². The van der Waals surface area contributed by atoms with Crippen molar-refractivity contribution in [2.75, 3.05) is 6.54 Å². The molecule has 1 N–H and O–H groups in total. The fraction of sp³-hybridized carbons (Fsp3) is 0.412. The summed E-state index contributed by atoms with van der Waals surface area (Å²) in [6.45, 7) is 1.07. The summed E-state index contributed by atoms with van der Waals surface area (Å²) in [5.74, 6) is 0.764. The average Bonchev–Trinajstić information content (AvgIpc) is 3.28. The van der Waals surface area contributed by atoms with E-state index in [2.05, 4.69) is 10.2 Å². The number of aromatic nitrogens is 2. The Balaban J connectivity index is 1.40. The lowest BCUT2D eigenvalue weighted by atomic mass is 10.1. The Kier molecular flexibility index (Phi) is 3.52. The van der Waals surface area contributed by atoms with Crippen LogP contribution in [0, 0.1) is 11.7 Å². The van der Waals surface area contributed by atoms with Crippen molar-refractivity contribution in [1.82, 2.24) is 15.1 Å². The zero-order valence-corrected chi connectivity index (χ0v) is 12.7. The van der Waals surface area contributed by atoms with Gasteiger partial charge in [0.2, 0.25) is 0 Å². The number of hydrogen-bond acceptors (Lipinski definition) is 3. The maximum Gasteiger partial charge on any atom is 0.274 e. The number of likely N-dealkylation sites (tertiary alicyclic amines) is 1. The molecule has 2 unspecified atom stereocenters. The molecule has 1 aromatic heterocycles. The predicted octanol–water partition coefficient (Wildman–Crippen LogP) is 2.75. The van der Waals surface area contributed by atoms with E-state index in [9.17, 15) is 9.18 Å². The molecule has 2 aliphatic rings. The lowest BCUT2D eigenvalue weighted by Crippen LogP contribution is -2.37. The molecule has 1 aliphatic carbocycles. The average molecular weight is 315 g/mol. The van der Waals surface area contributed by atoms with E-state index in [1.807, 2.05) is 4.90 Å². The Morgan fingerprint density at radius 1 is 1.39 bits per heavy atom. The number of piperidine rings is 1. The largest absolute Gasteiger partial charge is 0.487 e. The first kappa shape index (κ1) is 14.2. The second-order valence-corrected chi connectivity index (χ2v) is 6.31. The Morgan fingerprint density at radius 2 is 2.30 bits per heavy atom. The molecule has 4 rings (SSSR count). The smallest absolute Gasteiger partial charge is 0.274 e. The van der Waals surface area contributed by atoms with Crippen molar-refractivity contribution in [3.05, 3.63) is 47.5 Å². The summed E-state index contributed by atoms with van der Waals surface area (Å²) in [7, 11) is 0. The van der Waals surface area contributed by atoms with E-state index in [1.54, 1.807) is 18.2 Å². The number of halogens is 1. The second kappa shape index (κ2) is 5.68. The molecule has 5 nitrogen and oxygen atoms in total. The molecule has 1 aromatic carbocycles. The number of nitrogens with zero attached hydrogens (tertiary/aromatic N) is 2. The normalized spacial score (nSPS) is 22.6. The Morgan fingerprint density at radius 3 is 3.04 bits per heavy atom. The first-order valence-corrected chi connectivity index (χ1v) is 7.92. The maximum absolute atomic E-state index is 13.1. The van der Waals surface area contributed by atoms with Gasteiger partial charge >= 0.3 is 0 Å². The van der Waals surface area contributed by atoms with E-state index in [4.69, 9.17) is 4.74 Å². The predicted molar refractivity (Wildman–Crippen MR) is 81.5 cm³/mol. The number of aromatic amines is 1. The van der Waals surface area contributed by atoms with Gasteiger partial charge in [-0.1, -0.05) is 6.07 Å². The number of fused-ring (bicyclic) bond motifs is 2. The quantitative estimate of drug-likeness (QED) is 0.944. The van der Waals surface area contributed by atoms with E-state index in [0.717, 1.165) is 19.4 Å². The van der Waals surface area contributed by atoms with Crippen molar-refractivity contribution < 1.29 is 13.9 Å². The van der Waals surface area contributed by atoms with Crippen molar-refractivity contribution in [2.45, 2.75) is 31.9 Å². The molecule has 0 radical (unpaired) electrons. The molecule has 2 bridgehead atoms. The molecule has 6 heteroatoms. The molecule has 1 saturated carbocycles. The lowest BCUT2D eigenvalue weighted by molar-refractivity contribution is 0.0697. The minimum absolute atomic E-state index is 0.00884. The van der Waals surface area contributed by atoms with Crippen LogP contribution in [0.4, 0.5) is 4.39 Å². The Hall–Kier alpha value is -2.37. The first-order chi connectivity index (χ1) is 11.2. The third kappa shape index (κ3) is 2.81. The summed E-state index contributed by atoms with van der Waals surface area (Å²) < 4.78 is 18.6.